The summed E-state index contributed by atoms with van der Waals surface area (Å²) in [7, 11) is 0. The summed E-state index contributed by atoms with van der Waals surface area (Å²) in [4.78, 5) is 0. The van der Waals surface area contributed by atoms with Crippen LogP contribution in [0.1, 0.15) is 24.8 Å². The molecule has 1 aliphatic carbocycles. The molecule has 0 saturated heterocycles. The summed E-state index contributed by atoms with van der Waals surface area (Å²) in [5.74, 6) is 2.35. The molecule has 2 rings (SSSR count). The van der Waals surface area contributed by atoms with Crippen LogP contribution in [0, 0.1) is 15.4 Å². The summed E-state index contributed by atoms with van der Waals surface area (Å²) in [5, 5.41) is 3.57. The van der Waals surface area contributed by atoms with Crippen LogP contribution < -0.4 is 5.32 Å². The molecule has 1 fully saturated rings. The van der Waals surface area contributed by atoms with Crippen molar-refractivity contribution in [3.63, 3.8) is 0 Å². The van der Waals surface area contributed by atoms with Gasteiger partial charge in [-0.15, -0.1) is 11.6 Å². The molecule has 1 aromatic carbocycles. The molecule has 2 unspecified atom stereocenters. The molecule has 3 heteroatoms. The van der Waals surface area contributed by atoms with E-state index in [-0.39, 0.29) is 0 Å². The molecule has 0 heterocycles. The number of nitrogens with one attached hydrogen (secondary N) is 1. The lowest BCUT2D eigenvalue weighted by Gasteiger charge is -2.17. The van der Waals surface area contributed by atoms with Crippen LogP contribution in [-0.2, 0) is 6.54 Å². The van der Waals surface area contributed by atoms with Crippen LogP contribution in [0.4, 0.5) is 0 Å². The van der Waals surface area contributed by atoms with E-state index in [0.717, 1.165) is 30.8 Å². The SMILES string of the molecule is ClCC1CCCC1CNCc1ccc(I)cc1. The maximum atomic E-state index is 5.99. The minimum Gasteiger partial charge on any atom is -0.312 e. The van der Waals surface area contributed by atoms with Crippen LogP contribution in [0.3, 0.4) is 0 Å². The molecule has 0 radical (unpaired) electrons. The highest BCUT2D eigenvalue weighted by molar-refractivity contribution is 14.1. The molecule has 2 atom stereocenters. The van der Waals surface area contributed by atoms with Crippen molar-refractivity contribution in [2.24, 2.45) is 11.8 Å². The molecule has 0 spiro atoms. The van der Waals surface area contributed by atoms with Gasteiger partial charge >= 0.3 is 0 Å². The Morgan fingerprint density at radius 3 is 2.59 bits per heavy atom. The zero-order chi connectivity index (χ0) is 12.1. The largest absolute Gasteiger partial charge is 0.312 e. The summed E-state index contributed by atoms with van der Waals surface area (Å²) in [6.07, 6.45) is 4.02. The summed E-state index contributed by atoms with van der Waals surface area (Å²) < 4.78 is 1.30. The van der Waals surface area contributed by atoms with E-state index in [1.165, 1.54) is 28.4 Å². The number of halogens is 2. The van der Waals surface area contributed by atoms with Crippen LogP contribution >= 0.6 is 34.2 Å². The third kappa shape index (κ3) is 4.11. The predicted octanol–water partition coefficient (Wildman–Crippen LogP) is 4.04. The normalized spacial score (nSPS) is 24.1. The Balaban J connectivity index is 1.74. The monoisotopic (exact) mass is 363 g/mol. The lowest BCUT2D eigenvalue weighted by molar-refractivity contribution is 0.395. The second-order valence-corrected chi connectivity index (χ2v) is 6.42. The first-order valence-electron chi connectivity index (χ1n) is 6.30. The van der Waals surface area contributed by atoms with Gasteiger partial charge in [-0.25, -0.2) is 0 Å². The van der Waals surface area contributed by atoms with Gasteiger partial charge in [0.1, 0.15) is 0 Å². The minimum absolute atomic E-state index is 0.737. The Bertz CT molecular complexity index is 339. The molecule has 17 heavy (non-hydrogen) atoms. The van der Waals surface area contributed by atoms with Gasteiger partial charge in [-0.1, -0.05) is 18.6 Å². The van der Waals surface area contributed by atoms with Crippen molar-refractivity contribution in [3.8, 4) is 0 Å². The van der Waals surface area contributed by atoms with Gasteiger partial charge < -0.3 is 5.32 Å². The van der Waals surface area contributed by atoms with Gasteiger partial charge in [-0.05, 0) is 71.5 Å². The molecule has 1 aromatic rings. The highest BCUT2D eigenvalue weighted by Crippen LogP contribution is 2.31. The fourth-order valence-electron chi connectivity index (χ4n) is 2.59. The van der Waals surface area contributed by atoms with Gasteiger partial charge in [-0.2, -0.15) is 0 Å². The Hall–Kier alpha value is 0.200. The third-order valence-electron chi connectivity index (χ3n) is 3.66. The molecule has 0 bridgehead atoms. The molecular weight excluding hydrogens is 345 g/mol. The number of benzene rings is 1. The lowest BCUT2D eigenvalue weighted by atomic mass is 9.98. The van der Waals surface area contributed by atoms with Gasteiger partial charge in [0.05, 0.1) is 0 Å². The van der Waals surface area contributed by atoms with Crippen molar-refractivity contribution in [3.05, 3.63) is 33.4 Å². The van der Waals surface area contributed by atoms with Crippen LogP contribution in [0.2, 0.25) is 0 Å². The average Bonchev–Trinajstić information content (AvgIpc) is 2.79. The highest BCUT2D eigenvalue weighted by atomic mass is 127. The van der Waals surface area contributed by atoms with Gasteiger partial charge in [0.15, 0.2) is 0 Å². The molecule has 1 nitrogen and oxygen atoms in total. The van der Waals surface area contributed by atoms with Gasteiger partial charge in [-0.3, -0.25) is 0 Å². The van der Waals surface area contributed by atoms with Crippen molar-refractivity contribution in [2.45, 2.75) is 25.8 Å². The first-order valence-corrected chi connectivity index (χ1v) is 7.92. The number of hydrogen-bond acceptors (Lipinski definition) is 1. The molecule has 0 aromatic heterocycles. The molecule has 94 valence electrons. The standard InChI is InChI=1S/C14H19ClIN/c15-8-12-2-1-3-13(12)10-17-9-11-4-6-14(16)7-5-11/h4-7,12-13,17H,1-3,8-10H2. The summed E-state index contributed by atoms with van der Waals surface area (Å²) in [5.41, 5.74) is 1.37. The Morgan fingerprint density at radius 1 is 1.18 bits per heavy atom. The average molecular weight is 364 g/mol. The quantitative estimate of drug-likeness (QED) is 0.615. The van der Waals surface area contributed by atoms with E-state index in [2.05, 4.69) is 52.2 Å². The Kier molecular flexibility index (Phi) is 5.57. The van der Waals surface area contributed by atoms with E-state index in [9.17, 15) is 0 Å². The van der Waals surface area contributed by atoms with Crippen LogP contribution in [0.15, 0.2) is 24.3 Å². The van der Waals surface area contributed by atoms with Gasteiger partial charge in [0.25, 0.3) is 0 Å². The second-order valence-electron chi connectivity index (χ2n) is 4.86. The fraction of sp³-hybridized carbons (Fsp3) is 0.571. The Labute approximate surface area is 122 Å². The zero-order valence-electron chi connectivity index (χ0n) is 9.96. The first kappa shape index (κ1) is 13.6. The molecule has 0 aliphatic heterocycles. The van der Waals surface area contributed by atoms with Crippen molar-refractivity contribution in [1.29, 1.82) is 0 Å². The smallest absolute Gasteiger partial charge is 0.0254 e. The van der Waals surface area contributed by atoms with Crippen molar-refractivity contribution >= 4 is 34.2 Å². The van der Waals surface area contributed by atoms with Crippen LogP contribution in [0.5, 0.6) is 0 Å². The van der Waals surface area contributed by atoms with E-state index in [0.29, 0.717) is 0 Å². The van der Waals surface area contributed by atoms with Crippen molar-refractivity contribution < 1.29 is 0 Å². The van der Waals surface area contributed by atoms with E-state index in [4.69, 9.17) is 11.6 Å². The van der Waals surface area contributed by atoms with Gasteiger partial charge in [0.2, 0.25) is 0 Å². The van der Waals surface area contributed by atoms with Crippen LogP contribution in [-0.4, -0.2) is 12.4 Å². The second kappa shape index (κ2) is 6.95. The number of alkyl halides is 1. The lowest BCUT2D eigenvalue weighted by Crippen LogP contribution is -2.25. The number of rotatable bonds is 5. The van der Waals surface area contributed by atoms with E-state index < -0.39 is 0 Å². The van der Waals surface area contributed by atoms with Gasteiger partial charge in [0, 0.05) is 16.0 Å². The van der Waals surface area contributed by atoms with Crippen molar-refractivity contribution in [2.75, 3.05) is 12.4 Å². The predicted molar refractivity (Wildman–Crippen MR) is 82.4 cm³/mol. The highest BCUT2D eigenvalue weighted by Gasteiger charge is 2.25. The molecule has 1 aliphatic rings. The fourth-order valence-corrected chi connectivity index (χ4v) is 3.36. The maximum absolute atomic E-state index is 5.99. The summed E-state index contributed by atoms with van der Waals surface area (Å²) in [6.45, 7) is 2.09. The Morgan fingerprint density at radius 2 is 1.88 bits per heavy atom. The summed E-state index contributed by atoms with van der Waals surface area (Å²) >= 11 is 8.32. The number of hydrogen-bond donors (Lipinski definition) is 1. The van der Waals surface area contributed by atoms with E-state index >= 15 is 0 Å². The van der Waals surface area contributed by atoms with E-state index in [1.807, 2.05) is 0 Å². The van der Waals surface area contributed by atoms with E-state index in [1.54, 1.807) is 0 Å². The molecule has 1 N–H and O–H groups in total. The third-order valence-corrected chi connectivity index (χ3v) is 4.78. The minimum atomic E-state index is 0.737. The molecular formula is C14H19ClIN. The maximum Gasteiger partial charge on any atom is 0.0254 e. The summed E-state index contributed by atoms with van der Waals surface area (Å²) in [6, 6.07) is 8.72. The van der Waals surface area contributed by atoms with Crippen LogP contribution in [0.25, 0.3) is 0 Å². The first-order chi connectivity index (χ1) is 8.29. The zero-order valence-corrected chi connectivity index (χ0v) is 12.9. The topological polar surface area (TPSA) is 12.0 Å². The molecule has 1 saturated carbocycles. The van der Waals surface area contributed by atoms with Crippen molar-refractivity contribution in [1.82, 2.24) is 5.32 Å². The molecule has 0 amide bonds.